The number of hydrogen-bond acceptors (Lipinski definition) is 5. The molecule has 0 saturated heterocycles. The Morgan fingerprint density at radius 1 is 1.03 bits per heavy atom. The lowest BCUT2D eigenvalue weighted by Gasteiger charge is -2.23. The van der Waals surface area contributed by atoms with Crippen LogP contribution in [0.15, 0.2) is 48.5 Å². The van der Waals surface area contributed by atoms with Crippen molar-refractivity contribution in [2.45, 2.75) is 44.8 Å². The first-order valence-corrected chi connectivity index (χ1v) is 9.58. The second-order valence-corrected chi connectivity index (χ2v) is 7.96. The number of carbonyl (C=O) groups is 3. The van der Waals surface area contributed by atoms with Crippen LogP contribution >= 0.6 is 0 Å². The van der Waals surface area contributed by atoms with E-state index < -0.39 is 23.7 Å². The van der Waals surface area contributed by atoms with Gasteiger partial charge in [0.25, 0.3) is 0 Å². The molecule has 1 N–H and O–H groups in total. The van der Waals surface area contributed by atoms with E-state index in [4.69, 9.17) is 9.47 Å². The maximum Gasteiger partial charge on any atom is 0.407 e. The molecule has 0 radical (unpaired) electrons. The zero-order valence-electron chi connectivity index (χ0n) is 16.8. The summed E-state index contributed by atoms with van der Waals surface area (Å²) in [5, 5.41) is 2.45. The number of fused-ring (bicyclic) bond motifs is 3. The van der Waals surface area contributed by atoms with E-state index in [1.807, 2.05) is 36.4 Å². The molecule has 2 aromatic carbocycles. The van der Waals surface area contributed by atoms with Gasteiger partial charge in [-0.1, -0.05) is 48.5 Å². The third-order valence-electron chi connectivity index (χ3n) is 4.66. The number of amides is 1. The molecule has 6 nitrogen and oxygen atoms in total. The minimum absolute atomic E-state index is 0.0841. The Morgan fingerprint density at radius 3 is 2.10 bits per heavy atom. The minimum Gasteiger partial charge on any atom is -0.458 e. The van der Waals surface area contributed by atoms with Gasteiger partial charge < -0.3 is 19.6 Å². The lowest BCUT2D eigenvalue weighted by molar-refractivity contribution is -0.157. The maximum atomic E-state index is 12.3. The van der Waals surface area contributed by atoms with E-state index in [2.05, 4.69) is 17.4 Å². The minimum atomic E-state index is -1.08. The van der Waals surface area contributed by atoms with E-state index in [1.54, 1.807) is 20.8 Å². The van der Waals surface area contributed by atoms with Crippen LogP contribution in [0.5, 0.6) is 0 Å². The standard InChI is InChI=1S/C23H25NO5/c1-23(2,3)29-21(26)20(12-13-25)24-22(27)28-14-19-17-10-6-4-8-15(17)16-9-5-7-11-18(16)19/h4-11,13,19-20H,12,14H2,1-3H3,(H,24,27)/t20-/m0/s1. The Morgan fingerprint density at radius 2 is 1.59 bits per heavy atom. The van der Waals surface area contributed by atoms with Crippen LogP contribution in [-0.2, 0) is 19.1 Å². The number of ether oxygens (including phenoxy) is 2. The number of benzene rings is 2. The van der Waals surface area contributed by atoms with Gasteiger partial charge in [-0.25, -0.2) is 9.59 Å². The van der Waals surface area contributed by atoms with E-state index >= 15 is 0 Å². The molecule has 0 aliphatic heterocycles. The van der Waals surface area contributed by atoms with Crippen molar-refractivity contribution in [2.75, 3.05) is 6.61 Å². The number of esters is 1. The van der Waals surface area contributed by atoms with Crippen LogP contribution in [0.25, 0.3) is 11.1 Å². The Kier molecular flexibility index (Phi) is 6.01. The molecule has 0 bridgehead atoms. The van der Waals surface area contributed by atoms with Crippen LogP contribution in [0, 0.1) is 0 Å². The van der Waals surface area contributed by atoms with Gasteiger partial charge in [0.2, 0.25) is 0 Å². The summed E-state index contributed by atoms with van der Waals surface area (Å²) in [7, 11) is 0. The third kappa shape index (κ3) is 4.83. The zero-order valence-corrected chi connectivity index (χ0v) is 16.8. The SMILES string of the molecule is CC(C)(C)OC(=O)[C@H](CC=O)NC(=O)OCC1c2ccccc2-c2ccccc21. The summed E-state index contributed by atoms with van der Waals surface area (Å²) < 4.78 is 10.7. The highest BCUT2D eigenvalue weighted by molar-refractivity contribution is 5.84. The summed E-state index contributed by atoms with van der Waals surface area (Å²) in [6.07, 6.45) is -0.373. The van der Waals surface area contributed by atoms with Gasteiger partial charge in [0, 0.05) is 12.3 Å². The predicted molar refractivity (Wildman–Crippen MR) is 109 cm³/mol. The molecule has 0 unspecified atom stereocenters. The Hall–Kier alpha value is -3.15. The first-order chi connectivity index (χ1) is 13.8. The first-order valence-electron chi connectivity index (χ1n) is 9.58. The highest BCUT2D eigenvalue weighted by Gasteiger charge is 2.30. The third-order valence-corrected chi connectivity index (χ3v) is 4.66. The lowest BCUT2D eigenvalue weighted by Crippen LogP contribution is -2.44. The summed E-state index contributed by atoms with van der Waals surface area (Å²) >= 11 is 0. The van der Waals surface area contributed by atoms with Crippen molar-refractivity contribution in [3.63, 3.8) is 0 Å². The summed E-state index contributed by atoms with van der Waals surface area (Å²) in [5.41, 5.74) is 3.73. The summed E-state index contributed by atoms with van der Waals surface area (Å²) in [4.78, 5) is 35.5. The van der Waals surface area contributed by atoms with E-state index in [0.717, 1.165) is 22.3 Å². The fourth-order valence-corrected chi connectivity index (χ4v) is 3.47. The van der Waals surface area contributed by atoms with Crippen molar-refractivity contribution in [1.82, 2.24) is 5.32 Å². The van der Waals surface area contributed by atoms with E-state index in [9.17, 15) is 14.4 Å². The summed E-state index contributed by atoms with van der Waals surface area (Å²) in [6.45, 7) is 5.28. The smallest absolute Gasteiger partial charge is 0.407 e. The molecule has 2 aromatic rings. The molecule has 3 rings (SSSR count). The Bertz CT molecular complexity index is 870. The second-order valence-electron chi connectivity index (χ2n) is 7.96. The van der Waals surface area contributed by atoms with Crippen LogP contribution in [0.1, 0.15) is 44.2 Å². The van der Waals surface area contributed by atoms with Crippen LogP contribution in [-0.4, -0.2) is 36.6 Å². The molecular formula is C23H25NO5. The number of aldehydes is 1. The number of rotatable bonds is 6. The van der Waals surface area contributed by atoms with Crippen molar-refractivity contribution in [2.24, 2.45) is 0 Å². The van der Waals surface area contributed by atoms with Gasteiger partial charge in [-0.05, 0) is 43.0 Å². The number of carbonyl (C=O) groups excluding carboxylic acids is 3. The molecule has 1 aliphatic carbocycles. The molecule has 29 heavy (non-hydrogen) atoms. The molecule has 1 atom stereocenters. The van der Waals surface area contributed by atoms with Crippen molar-refractivity contribution >= 4 is 18.3 Å². The van der Waals surface area contributed by atoms with E-state index in [1.165, 1.54) is 0 Å². The lowest BCUT2D eigenvalue weighted by atomic mass is 9.98. The quantitative estimate of drug-likeness (QED) is 0.594. The van der Waals surface area contributed by atoms with E-state index in [-0.39, 0.29) is 18.9 Å². The van der Waals surface area contributed by atoms with Crippen LogP contribution < -0.4 is 5.32 Å². The Labute approximate surface area is 170 Å². The summed E-state index contributed by atoms with van der Waals surface area (Å²) in [5.74, 6) is -0.752. The second kappa shape index (κ2) is 8.47. The zero-order chi connectivity index (χ0) is 21.0. The van der Waals surface area contributed by atoms with Crippen LogP contribution in [0.2, 0.25) is 0 Å². The normalized spacial score (nSPS) is 13.8. The van der Waals surface area contributed by atoms with Gasteiger partial charge in [0.1, 0.15) is 24.5 Å². The molecule has 0 saturated carbocycles. The molecule has 0 aromatic heterocycles. The monoisotopic (exact) mass is 395 g/mol. The molecule has 1 aliphatic rings. The number of nitrogens with one attached hydrogen (secondary N) is 1. The molecule has 152 valence electrons. The molecule has 1 amide bonds. The number of alkyl carbamates (subject to hydrolysis) is 1. The molecular weight excluding hydrogens is 370 g/mol. The fraction of sp³-hybridized carbons (Fsp3) is 0.348. The molecule has 6 heteroatoms. The fourth-order valence-electron chi connectivity index (χ4n) is 3.47. The first kappa shape index (κ1) is 20.6. The van der Waals surface area contributed by atoms with Gasteiger partial charge >= 0.3 is 12.1 Å². The van der Waals surface area contributed by atoms with Gasteiger partial charge in [0.15, 0.2) is 0 Å². The molecule has 0 heterocycles. The number of hydrogen-bond donors (Lipinski definition) is 1. The predicted octanol–water partition coefficient (Wildman–Crippen LogP) is 3.82. The maximum absolute atomic E-state index is 12.3. The largest absolute Gasteiger partial charge is 0.458 e. The highest BCUT2D eigenvalue weighted by atomic mass is 16.6. The van der Waals surface area contributed by atoms with E-state index in [0.29, 0.717) is 6.29 Å². The van der Waals surface area contributed by atoms with Crippen LogP contribution in [0.3, 0.4) is 0 Å². The summed E-state index contributed by atoms with van der Waals surface area (Å²) in [6, 6.07) is 15.0. The average molecular weight is 395 g/mol. The van der Waals surface area contributed by atoms with Crippen molar-refractivity contribution < 1.29 is 23.9 Å². The van der Waals surface area contributed by atoms with Crippen molar-refractivity contribution in [3.05, 3.63) is 59.7 Å². The van der Waals surface area contributed by atoms with Crippen molar-refractivity contribution in [1.29, 1.82) is 0 Å². The average Bonchev–Trinajstić information content (AvgIpc) is 2.99. The van der Waals surface area contributed by atoms with Crippen LogP contribution in [0.4, 0.5) is 4.79 Å². The Balaban J connectivity index is 1.67. The van der Waals surface area contributed by atoms with Gasteiger partial charge in [-0.2, -0.15) is 0 Å². The van der Waals surface area contributed by atoms with Gasteiger partial charge in [-0.3, -0.25) is 0 Å². The highest BCUT2D eigenvalue weighted by Crippen LogP contribution is 2.44. The molecule has 0 fully saturated rings. The molecule has 0 spiro atoms. The van der Waals surface area contributed by atoms with Gasteiger partial charge in [-0.15, -0.1) is 0 Å². The topological polar surface area (TPSA) is 81.7 Å². The van der Waals surface area contributed by atoms with Crippen molar-refractivity contribution in [3.8, 4) is 11.1 Å². The van der Waals surface area contributed by atoms with Gasteiger partial charge in [0.05, 0.1) is 0 Å².